The third-order valence-electron chi connectivity index (χ3n) is 4.52. The summed E-state index contributed by atoms with van der Waals surface area (Å²) in [6, 6.07) is 16.6. The number of methoxy groups -OCH3 is 1. The lowest BCUT2D eigenvalue weighted by Crippen LogP contribution is -2.46. The first-order valence-corrected chi connectivity index (χ1v) is 9.53. The van der Waals surface area contributed by atoms with Gasteiger partial charge in [-0.25, -0.2) is 9.59 Å². The number of benzene rings is 2. The summed E-state index contributed by atoms with van der Waals surface area (Å²) in [4.78, 5) is 37.7. The number of likely N-dealkylation sites (N-methyl/N-ethyl adjacent to an activating group) is 1. The van der Waals surface area contributed by atoms with Gasteiger partial charge in [-0.1, -0.05) is 36.4 Å². The molecule has 1 aliphatic heterocycles. The molecule has 8 heteroatoms. The minimum absolute atomic E-state index is 0.293. The summed E-state index contributed by atoms with van der Waals surface area (Å²) < 4.78 is 22.0. The zero-order valence-corrected chi connectivity index (χ0v) is 16.6. The number of amides is 1. The maximum Gasteiger partial charge on any atom is 0.338 e. The number of carbonyl (C=O) groups is 3. The highest BCUT2D eigenvalue weighted by molar-refractivity contribution is 5.91. The molecule has 0 bridgehead atoms. The lowest BCUT2D eigenvalue weighted by molar-refractivity contribution is -0.161. The second kappa shape index (κ2) is 10.00. The first-order chi connectivity index (χ1) is 14.5. The van der Waals surface area contributed by atoms with E-state index in [-0.39, 0.29) is 0 Å². The Morgan fingerprint density at radius 3 is 1.83 bits per heavy atom. The first kappa shape index (κ1) is 21.5. The lowest BCUT2D eigenvalue weighted by atomic mass is 10.1. The van der Waals surface area contributed by atoms with Crippen LogP contribution in [0.25, 0.3) is 0 Å². The van der Waals surface area contributed by atoms with Crippen LogP contribution in [0.3, 0.4) is 0 Å². The van der Waals surface area contributed by atoms with Crippen LogP contribution < -0.4 is 5.32 Å². The Balaban J connectivity index is 1.86. The molecule has 1 aliphatic rings. The van der Waals surface area contributed by atoms with Crippen LogP contribution in [0.15, 0.2) is 60.7 Å². The molecule has 1 saturated heterocycles. The third kappa shape index (κ3) is 4.84. The molecule has 3 unspecified atom stereocenters. The van der Waals surface area contributed by atoms with E-state index >= 15 is 0 Å². The number of esters is 2. The molecule has 0 saturated carbocycles. The van der Waals surface area contributed by atoms with Crippen LogP contribution in [0.2, 0.25) is 0 Å². The summed E-state index contributed by atoms with van der Waals surface area (Å²) in [7, 11) is 1.35. The van der Waals surface area contributed by atoms with Crippen molar-refractivity contribution in [1.29, 1.82) is 0 Å². The SMILES string of the molecule is CCNC(=O)[C@H]1OC(OC)C(OC(=O)c2ccccc2)C1OC(=O)c1ccccc1. The number of ether oxygens (including phenoxy) is 4. The fourth-order valence-corrected chi connectivity index (χ4v) is 3.09. The molecule has 2 aromatic rings. The van der Waals surface area contributed by atoms with Gasteiger partial charge in [-0.2, -0.15) is 0 Å². The molecule has 8 nitrogen and oxygen atoms in total. The van der Waals surface area contributed by atoms with Gasteiger partial charge in [-0.3, -0.25) is 4.79 Å². The van der Waals surface area contributed by atoms with Crippen LogP contribution in [-0.4, -0.2) is 56.1 Å². The fraction of sp³-hybridized carbons (Fsp3) is 0.318. The Labute approximate surface area is 174 Å². The lowest BCUT2D eigenvalue weighted by Gasteiger charge is -2.23. The highest BCUT2D eigenvalue weighted by Crippen LogP contribution is 2.29. The second-order valence-corrected chi connectivity index (χ2v) is 6.53. The first-order valence-electron chi connectivity index (χ1n) is 9.53. The molecule has 1 N–H and O–H groups in total. The molecule has 0 radical (unpaired) electrons. The van der Waals surface area contributed by atoms with Crippen molar-refractivity contribution in [2.24, 2.45) is 0 Å². The van der Waals surface area contributed by atoms with Crippen molar-refractivity contribution in [3.8, 4) is 0 Å². The van der Waals surface area contributed by atoms with E-state index in [1.54, 1.807) is 67.6 Å². The minimum Gasteiger partial charge on any atom is -0.451 e. The van der Waals surface area contributed by atoms with Gasteiger partial charge in [0.15, 0.2) is 24.6 Å². The molecule has 158 valence electrons. The number of nitrogens with one attached hydrogen (secondary N) is 1. The Morgan fingerprint density at radius 1 is 0.867 bits per heavy atom. The van der Waals surface area contributed by atoms with E-state index in [0.29, 0.717) is 17.7 Å². The van der Waals surface area contributed by atoms with Crippen molar-refractivity contribution < 1.29 is 33.3 Å². The Morgan fingerprint density at radius 2 is 1.37 bits per heavy atom. The van der Waals surface area contributed by atoms with E-state index in [0.717, 1.165) is 0 Å². The van der Waals surface area contributed by atoms with Gasteiger partial charge in [0.2, 0.25) is 0 Å². The van der Waals surface area contributed by atoms with Gasteiger partial charge in [-0.05, 0) is 31.2 Å². The van der Waals surface area contributed by atoms with Crippen LogP contribution in [0.1, 0.15) is 27.6 Å². The van der Waals surface area contributed by atoms with Crippen LogP contribution in [-0.2, 0) is 23.7 Å². The Hall–Kier alpha value is -3.23. The van der Waals surface area contributed by atoms with Crippen molar-refractivity contribution in [1.82, 2.24) is 5.32 Å². The predicted octanol–water partition coefficient (Wildman–Crippen LogP) is 1.94. The van der Waals surface area contributed by atoms with Gasteiger partial charge in [0.25, 0.3) is 5.91 Å². The van der Waals surface area contributed by atoms with Gasteiger partial charge in [-0.15, -0.1) is 0 Å². The van der Waals surface area contributed by atoms with Gasteiger partial charge in [0, 0.05) is 13.7 Å². The van der Waals surface area contributed by atoms with Gasteiger partial charge >= 0.3 is 11.9 Å². The smallest absolute Gasteiger partial charge is 0.338 e. The molecular weight excluding hydrogens is 390 g/mol. The molecular formula is C22H23NO7. The van der Waals surface area contributed by atoms with E-state index in [2.05, 4.69) is 5.32 Å². The number of rotatable bonds is 7. The van der Waals surface area contributed by atoms with Crippen molar-refractivity contribution in [3.63, 3.8) is 0 Å². The average Bonchev–Trinajstić information content (AvgIpc) is 3.12. The van der Waals surface area contributed by atoms with Crippen LogP contribution in [0, 0.1) is 0 Å². The fourth-order valence-electron chi connectivity index (χ4n) is 3.09. The normalized spacial score (nSPS) is 22.9. The number of hydrogen-bond acceptors (Lipinski definition) is 7. The molecule has 1 heterocycles. The topological polar surface area (TPSA) is 100 Å². The number of carbonyl (C=O) groups excluding carboxylic acids is 3. The standard InChI is InChI=1S/C22H23NO7/c1-3-23-19(24)17-16(28-20(25)14-10-6-4-7-11-14)18(22(27-2)30-17)29-21(26)15-12-8-5-9-13-15/h4-13,16-18,22H,3H2,1-2H3,(H,23,24)/t16?,17-,18?,22?/m0/s1. The molecule has 0 spiro atoms. The van der Waals surface area contributed by atoms with Crippen molar-refractivity contribution in [2.75, 3.05) is 13.7 Å². The second-order valence-electron chi connectivity index (χ2n) is 6.53. The van der Waals surface area contributed by atoms with Crippen molar-refractivity contribution >= 4 is 17.8 Å². The summed E-state index contributed by atoms with van der Waals surface area (Å²) in [6.07, 6.45) is -4.61. The third-order valence-corrected chi connectivity index (χ3v) is 4.52. The van der Waals surface area contributed by atoms with E-state index in [9.17, 15) is 14.4 Å². The van der Waals surface area contributed by atoms with E-state index in [1.165, 1.54) is 7.11 Å². The molecule has 30 heavy (non-hydrogen) atoms. The zero-order chi connectivity index (χ0) is 21.5. The monoisotopic (exact) mass is 413 g/mol. The van der Waals surface area contributed by atoms with Crippen LogP contribution >= 0.6 is 0 Å². The van der Waals surface area contributed by atoms with E-state index in [1.807, 2.05) is 0 Å². The summed E-state index contributed by atoms with van der Waals surface area (Å²) in [6.45, 7) is 2.10. The highest BCUT2D eigenvalue weighted by Gasteiger charge is 2.53. The maximum absolute atomic E-state index is 12.6. The molecule has 0 aromatic heterocycles. The summed E-state index contributed by atoms with van der Waals surface area (Å²) in [5.41, 5.74) is 0.600. The van der Waals surface area contributed by atoms with Crippen molar-refractivity contribution in [2.45, 2.75) is 31.5 Å². The minimum atomic E-state index is -1.20. The Kier molecular flexibility index (Phi) is 7.16. The van der Waals surface area contributed by atoms with E-state index < -0.39 is 42.4 Å². The summed E-state index contributed by atoms with van der Waals surface area (Å²) >= 11 is 0. The van der Waals surface area contributed by atoms with Gasteiger partial charge in [0.05, 0.1) is 11.1 Å². The molecule has 3 rings (SSSR count). The maximum atomic E-state index is 12.6. The van der Waals surface area contributed by atoms with Gasteiger partial charge < -0.3 is 24.3 Å². The molecule has 2 aromatic carbocycles. The summed E-state index contributed by atoms with van der Waals surface area (Å²) in [5.74, 6) is -1.82. The summed E-state index contributed by atoms with van der Waals surface area (Å²) in [5, 5.41) is 2.63. The highest BCUT2D eigenvalue weighted by atomic mass is 16.7. The predicted molar refractivity (Wildman–Crippen MR) is 106 cm³/mol. The zero-order valence-electron chi connectivity index (χ0n) is 16.6. The molecule has 4 atom stereocenters. The van der Waals surface area contributed by atoms with Gasteiger partial charge in [0.1, 0.15) is 0 Å². The molecule has 1 fully saturated rings. The average molecular weight is 413 g/mol. The van der Waals surface area contributed by atoms with Crippen molar-refractivity contribution in [3.05, 3.63) is 71.8 Å². The van der Waals surface area contributed by atoms with E-state index in [4.69, 9.17) is 18.9 Å². The quantitative estimate of drug-likeness (QED) is 0.693. The Bertz CT molecular complexity index is 872. The number of hydrogen-bond donors (Lipinski definition) is 1. The van der Waals surface area contributed by atoms with Crippen LogP contribution in [0.4, 0.5) is 0 Å². The van der Waals surface area contributed by atoms with Crippen LogP contribution in [0.5, 0.6) is 0 Å². The largest absolute Gasteiger partial charge is 0.451 e. The molecule has 0 aliphatic carbocycles. The molecule has 1 amide bonds.